The van der Waals surface area contributed by atoms with E-state index in [4.69, 9.17) is 38.8 Å². The number of carbonyl (C=O) groups excluding carboxylic acids is 5. The van der Waals surface area contributed by atoms with Crippen LogP contribution in [-0.2, 0) is 18.0 Å². The smallest absolute Gasteiger partial charge is 0.407 e. The molecule has 348 valence electrons. The molecule has 0 aliphatic carbocycles. The molecule has 2 aliphatic rings. The first-order valence-corrected chi connectivity index (χ1v) is 23.8. The van der Waals surface area contributed by atoms with E-state index in [-0.39, 0.29) is 55.2 Å². The molecular formula is C45H49N7O10S4. The second kappa shape index (κ2) is 22.9. The van der Waals surface area contributed by atoms with Crippen molar-refractivity contribution in [1.82, 2.24) is 35.2 Å². The number of pyridine rings is 2. The average molecular weight is 976 g/mol. The summed E-state index contributed by atoms with van der Waals surface area (Å²) in [6.45, 7) is 5.72. The summed E-state index contributed by atoms with van der Waals surface area (Å²) >= 11 is 13.3. The van der Waals surface area contributed by atoms with Gasteiger partial charge in [0.05, 0.1) is 0 Å². The lowest BCUT2D eigenvalue weighted by molar-refractivity contribution is 0.0526. The average Bonchev–Trinajstić information content (AvgIpc) is 3.93. The van der Waals surface area contributed by atoms with E-state index < -0.39 is 52.5 Å². The Morgan fingerprint density at radius 1 is 0.667 bits per heavy atom. The zero-order valence-electron chi connectivity index (χ0n) is 36.4. The molecule has 0 saturated carbocycles. The summed E-state index contributed by atoms with van der Waals surface area (Å²) in [5.41, 5.74) is -2.00. The Labute approximate surface area is 399 Å². The number of hydrogen-bond donors (Lipinski definition) is 3. The molecule has 2 saturated heterocycles. The zero-order chi connectivity index (χ0) is 47.4. The normalized spacial score (nSPS) is 14.1. The van der Waals surface area contributed by atoms with Crippen molar-refractivity contribution >= 4 is 86.3 Å². The number of ether oxygens (including phenoxy) is 1. The minimum Gasteiger partial charge on any atom is -0.444 e. The third-order valence-electron chi connectivity index (χ3n) is 9.92. The highest BCUT2D eigenvalue weighted by atomic mass is 32.2. The van der Waals surface area contributed by atoms with E-state index >= 15 is 0 Å². The molecule has 66 heavy (non-hydrogen) atoms. The largest absolute Gasteiger partial charge is 0.444 e. The molecule has 0 radical (unpaired) electrons. The standard InChI is InChI=1S/C45H49N7O10S4/c1-45(2,3)62-42(59)46-21-11-10-16-31(48-37(54)35-20-18-33(39(56)50-23-25-66-44(50)64)41(58)52(35)61-28-30-14-8-5-9-15-30)26-47-36(53)34-19-17-32(38(55)49-22-24-65-43(49)63)40(57)51(34)60-27-29-12-6-4-7-13-29/h4-9,12-15,17-20,31H,10-11,16,21-28H2,1-3H3,(H,46,59)(H,47,53)(H,48,54)/t31-/m0/s1. The zero-order valence-corrected chi connectivity index (χ0v) is 39.7. The summed E-state index contributed by atoms with van der Waals surface area (Å²) in [5.74, 6) is -1.61. The van der Waals surface area contributed by atoms with Gasteiger partial charge in [0.25, 0.3) is 34.7 Å². The number of benzene rings is 2. The van der Waals surface area contributed by atoms with Crippen LogP contribution in [0.3, 0.4) is 0 Å². The van der Waals surface area contributed by atoms with Gasteiger partial charge >= 0.3 is 6.09 Å². The lowest BCUT2D eigenvalue weighted by atomic mass is 10.1. The number of thioether (sulfide) groups is 2. The Bertz CT molecular complexity index is 2580. The van der Waals surface area contributed by atoms with Crippen molar-refractivity contribution in [3.8, 4) is 0 Å². The van der Waals surface area contributed by atoms with Crippen molar-refractivity contribution in [1.29, 1.82) is 0 Å². The predicted molar refractivity (Wildman–Crippen MR) is 259 cm³/mol. The van der Waals surface area contributed by atoms with E-state index in [2.05, 4.69) is 16.0 Å². The molecule has 1 atom stereocenters. The summed E-state index contributed by atoms with van der Waals surface area (Å²) in [4.78, 5) is 110. The number of unbranched alkanes of at least 4 members (excludes halogenated alkanes) is 1. The van der Waals surface area contributed by atoms with E-state index in [1.807, 2.05) is 12.1 Å². The minimum absolute atomic E-state index is 0.116. The van der Waals surface area contributed by atoms with Crippen LogP contribution in [0.15, 0.2) is 94.5 Å². The van der Waals surface area contributed by atoms with Gasteiger partial charge in [-0.2, -0.15) is 0 Å². The molecule has 3 N–H and O–H groups in total. The van der Waals surface area contributed by atoms with Gasteiger partial charge < -0.3 is 30.4 Å². The van der Waals surface area contributed by atoms with Gasteiger partial charge in [-0.05, 0) is 75.4 Å². The maximum atomic E-state index is 14.2. The van der Waals surface area contributed by atoms with Gasteiger partial charge in [0.1, 0.15) is 50.0 Å². The first kappa shape index (κ1) is 49.4. The number of aromatic nitrogens is 2. The van der Waals surface area contributed by atoms with Gasteiger partial charge in [0.2, 0.25) is 0 Å². The van der Waals surface area contributed by atoms with E-state index in [0.29, 0.717) is 57.2 Å². The number of rotatable bonds is 18. The summed E-state index contributed by atoms with van der Waals surface area (Å²) < 4.78 is 7.55. The van der Waals surface area contributed by atoms with Gasteiger partial charge in [-0.1, -0.05) is 109 Å². The summed E-state index contributed by atoms with van der Waals surface area (Å²) in [6.07, 6.45) is 0.568. The van der Waals surface area contributed by atoms with Gasteiger partial charge in [0.15, 0.2) is 0 Å². The van der Waals surface area contributed by atoms with Crippen LogP contribution in [0.1, 0.15) is 92.9 Å². The molecule has 0 unspecified atom stereocenters. The fourth-order valence-electron chi connectivity index (χ4n) is 6.64. The summed E-state index contributed by atoms with van der Waals surface area (Å²) in [7, 11) is 0. The Morgan fingerprint density at radius 2 is 1.15 bits per heavy atom. The molecule has 6 rings (SSSR count). The maximum absolute atomic E-state index is 14.2. The molecule has 0 bridgehead atoms. The third-order valence-corrected chi connectivity index (χ3v) is 12.8. The Balaban J connectivity index is 1.25. The summed E-state index contributed by atoms with van der Waals surface area (Å²) in [6, 6.07) is 22.2. The first-order chi connectivity index (χ1) is 31.6. The molecule has 17 nitrogen and oxygen atoms in total. The van der Waals surface area contributed by atoms with E-state index in [9.17, 15) is 33.6 Å². The quantitative estimate of drug-likeness (QED) is 0.0934. The molecular weight excluding hydrogens is 927 g/mol. The lowest BCUT2D eigenvalue weighted by Crippen LogP contribution is -2.47. The number of nitrogens with one attached hydrogen (secondary N) is 3. The van der Waals surface area contributed by atoms with Crippen LogP contribution in [-0.4, -0.2) is 107 Å². The second-order valence-corrected chi connectivity index (χ2v) is 19.4. The van der Waals surface area contributed by atoms with E-state index in [0.717, 1.165) is 9.46 Å². The molecule has 2 aliphatic heterocycles. The Kier molecular flexibility index (Phi) is 17.2. The first-order valence-electron chi connectivity index (χ1n) is 21.0. The predicted octanol–water partition coefficient (Wildman–Crippen LogP) is 4.44. The number of thiocarbonyl (C=S) groups is 2. The number of nitrogens with zero attached hydrogens (tertiary/aromatic N) is 4. The second-order valence-electron chi connectivity index (χ2n) is 15.9. The van der Waals surface area contributed by atoms with Crippen molar-refractivity contribution in [2.45, 2.75) is 64.9 Å². The van der Waals surface area contributed by atoms with Crippen molar-refractivity contribution in [3.63, 3.8) is 0 Å². The number of amides is 5. The summed E-state index contributed by atoms with van der Waals surface area (Å²) in [5, 5.41) is 8.38. The van der Waals surface area contributed by atoms with E-state index in [1.54, 1.807) is 69.3 Å². The van der Waals surface area contributed by atoms with Crippen LogP contribution in [0.5, 0.6) is 0 Å². The molecule has 0 spiro atoms. The van der Waals surface area contributed by atoms with Crippen LogP contribution >= 0.6 is 48.0 Å². The van der Waals surface area contributed by atoms with Crippen molar-refractivity contribution in [2.75, 3.05) is 37.7 Å². The van der Waals surface area contributed by atoms with Gasteiger partial charge in [0, 0.05) is 43.7 Å². The molecule has 2 aromatic carbocycles. The number of carbonyl (C=O) groups is 5. The highest BCUT2D eigenvalue weighted by Crippen LogP contribution is 2.21. The van der Waals surface area contributed by atoms with Gasteiger partial charge in [-0.3, -0.25) is 38.6 Å². The maximum Gasteiger partial charge on any atom is 0.407 e. The molecule has 21 heteroatoms. The minimum atomic E-state index is -0.873. The van der Waals surface area contributed by atoms with Crippen LogP contribution in [0.2, 0.25) is 0 Å². The van der Waals surface area contributed by atoms with Crippen LogP contribution in [0.25, 0.3) is 0 Å². The Hall–Kier alpha value is -6.03. The molecule has 4 heterocycles. The van der Waals surface area contributed by atoms with E-state index in [1.165, 1.54) is 57.6 Å². The molecule has 4 aromatic rings. The topological polar surface area (TPSA) is 200 Å². The van der Waals surface area contributed by atoms with Gasteiger partial charge in [-0.25, -0.2) is 4.79 Å². The number of alkyl carbamates (subject to hydrolysis) is 1. The van der Waals surface area contributed by atoms with Crippen LogP contribution in [0.4, 0.5) is 4.79 Å². The van der Waals surface area contributed by atoms with Crippen LogP contribution in [0, 0.1) is 0 Å². The SMILES string of the molecule is CC(C)(C)OC(=O)NCCCC[C@@H](CNC(=O)c1ccc(C(=O)N2CCSC2=S)c(=O)n1OCc1ccccc1)NC(=O)c1ccc(C(=O)N2CCSC2=S)c(=O)n1OCc1ccccc1. The van der Waals surface area contributed by atoms with Crippen LogP contribution < -0.4 is 36.7 Å². The van der Waals surface area contributed by atoms with Crippen molar-refractivity contribution in [2.24, 2.45) is 0 Å². The monoisotopic (exact) mass is 975 g/mol. The fourth-order valence-corrected chi connectivity index (χ4v) is 9.05. The highest BCUT2D eigenvalue weighted by Gasteiger charge is 2.31. The third kappa shape index (κ3) is 13.1. The molecule has 2 fully saturated rings. The van der Waals surface area contributed by atoms with Crippen molar-refractivity contribution < 1.29 is 38.4 Å². The number of hydrogen-bond acceptors (Lipinski definition) is 14. The Morgan fingerprint density at radius 3 is 1.61 bits per heavy atom. The highest BCUT2D eigenvalue weighted by molar-refractivity contribution is 8.23. The fraction of sp³-hybridized carbons (Fsp3) is 0.356. The lowest BCUT2D eigenvalue weighted by Gasteiger charge is -2.22. The van der Waals surface area contributed by atoms with Gasteiger partial charge in [-0.15, -0.1) is 9.46 Å². The van der Waals surface area contributed by atoms with Crippen molar-refractivity contribution in [3.05, 3.63) is 139 Å². The molecule has 5 amide bonds. The molecule has 2 aromatic heterocycles.